The van der Waals surface area contributed by atoms with Gasteiger partial charge in [0.1, 0.15) is 0 Å². The van der Waals surface area contributed by atoms with Gasteiger partial charge in [-0.05, 0) is 36.7 Å². The van der Waals surface area contributed by atoms with Crippen molar-refractivity contribution in [3.05, 3.63) is 41.8 Å². The van der Waals surface area contributed by atoms with Crippen molar-refractivity contribution in [1.82, 2.24) is 0 Å². The van der Waals surface area contributed by atoms with Crippen LogP contribution >= 0.6 is 0 Å². The molecule has 2 atom stereocenters. The fourth-order valence-electron chi connectivity index (χ4n) is 3.65. The summed E-state index contributed by atoms with van der Waals surface area (Å²) in [7, 11) is 0. The summed E-state index contributed by atoms with van der Waals surface area (Å²) >= 11 is 0. The van der Waals surface area contributed by atoms with Crippen LogP contribution in [0.2, 0.25) is 0 Å². The maximum absolute atomic E-state index is 2.29. The van der Waals surface area contributed by atoms with Crippen LogP contribution in [0.3, 0.4) is 0 Å². The third kappa shape index (κ3) is 2.03. The molecule has 0 nitrogen and oxygen atoms in total. The van der Waals surface area contributed by atoms with Crippen LogP contribution in [-0.2, 0) is 0 Å². The average molecular weight is 213 g/mol. The van der Waals surface area contributed by atoms with Gasteiger partial charge in [-0.1, -0.05) is 56.0 Å². The summed E-state index contributed by atoms with van der Waals surface area (Å²) in [5.74, 6) is 3.79. The molecule has 0 heterocycles. The summed E-state index contributed by atoms with van der Waals surface area (Å²) in [5, 5.41) is 0. The van der Waals surface area contributed by atoms with Gasteiger partial charge in [-0.3, -0.25) is 0 Å². The third-order valence-corrected chi connectivity index (χ3v) is 4.57. The smallest absolute Gasteiger partial charge is 0.00527 e. The molecule has 0 spiro atoms. The lowest BCUT2D eigenvalue weighted by atomic mass is 9.66. The highest BCUT2D eigenvalue weighted by molar-refractivity contribution is 5.31. The summed E-state index contributed by atoms with van der Waals surface area (Å²) in [6, 6.07) is 11.1. The Morgan fingerprint density at radius 3 is 2.38 bits per heavy atom. The predicted octanol–water partition coefficient (Wildman–Crippen LogP) is 4.60. The molecule has 0 aliphatic heterocycles. The zero-order valence-electron chi connectivity index (χ0n) is 9.99. The molecule has 2 fully saturated rings. The molecule has 3 rings (SSSR count). The number of rotatable bonds is 1. The Bertz CT molecular complexity index is 327. The molecule has 0 bridgehead atoms. The van der Waals surface area contributed by atoms with E-state index in [2.05, 4.69) is 30.3 Å². The van der Waals surface area contributed by atoms with Crippen LogP contribution < -0.4 is 0 Å². The lowest BCUT2D eigenvalue weighted by Gasteiger charge is -2.39. The van der Waals surface area contributed by atoms with E-state index in [9.17, 15) is 0 Å². The Hall–Kier alpha value is -0.780. The van der Waals surface area contributed by atoms with Crippen LogP contribution in [0.4, 0.5) is 0 Å². The van der Waals surface area contributed by atoms with E-state index in [1.807, 2.05) is 0 Å². The van der Waals surface area contributed by atoms with Crippen molar-refractivity contribution in [2.75, 3.05) is 0 Å². The van der Waals surface area contributed by atoms with Gasteiger partial charge in [-0.15, -0.1) is 0 Å². The highest BCUT2D eigenvalue weighted by Gasteiger charge is 2.32. The lowest BCUT2D eigenvalue weighted by molar-refractivity contribution is 0.187. The molecular weight excluding hydrogens is 192 g/mol. The molecule has 1 aromatic rings. The maximum atomic E-state index is 2.29. The Kier molecular flexibility index (Phi) is 2.99. The van der Waals surface area contributed by atoms with Gasteiger partial charge in [0.2, 0.25) is 0 Å². The molecule has 0 amide bonds. The highest BCUT2D eigenvalue weighted by atomic mass is 14.4. The summed E-state index contributed by atoms with van der Waals surface area (Å²) in [6.07, 6.45) is 10.1. The second-order valence-corrected chi connectivity index (χ2v) is 5.52. The first-order valence-electron chi connectivity index (χ1n) is 6.83. The van der Waals surface area contributed by atoms with Crippen molar-refractivity contribution in [2.45, 2.75) is 44.9 Å². The summed E-state index contributed by atoms with van der Waals surface area (Å²) in [4.78, 5) is 0. The predicted molar refractivity (Wildman–Crippen MR) is 68.1 cm³/mol. The van der Waals surface area contributed by atoms with Crippen molar-refractivity contribution < 1.29 is 0 Å². The molecule has 16 heavy (non-hydrogen) atoms. The number of hydrogen-bond acceptors (Lipinski definition) is 0. The van der Waals surface area contributed by atoms with E-state index in [4.69, 9.17) is 0 Å². The maximum Gasteiger partial charge on any atom is 0.00527 e. The molecule has 2 saturated carbocycles. The van der Waals surface area contributed by atoms with Crippen LogP contribution in [0.25, 0.3) is 0 Å². The van der Waals surface area contributed by atoms with E-state index in [0.717, 1.165) is 11.8 Å². The second kappa shape index (κ2) is 4.61. The van der Waals surface area contributed by atoms with Crippen molar-refractivity contribution in [1.29, 1.82) is 0 Å². The van der Waals surface area contributed by atoms with Crippen LogP contribution in [-0.4, -0.2) is 0 Å². The highest BCUT2D eigenvalue weighted by Crippen LogP contribution is 2.45. The van der Waals surface area contributed by atoms with Crippen LogP contribution in [0.5, 0.6) is 0 Å². The summed E-state index contributed by atoms with van der Waals surface area (Å²) in [6.45, 7) is 0. The molecule has 1 radical (unpaired) electrons. The topological polar surface area (TPSA) is 0 Å². The molecule has 0 saturated heterocycles. The zero-order chi connectivity index (χ0) is 10.8. The molecule has 2 unspecified atom stereocenters. The van der Waals surface area contributed by atoms with Gasteiger partial charge in [0.15, 0.2) is 0 Å². The normalized spacial score (nSPS) is 31.0. The molecule has 2 aliphatic carbocycles. The summed E-state index contributed by atoms with van der Waals surface area (Å²) < 4.78 is 0. The molecule has 85 valence electrons. The standard InChI is InChI=1S/C16H21/c1-2-6-13(7-3-1)16-11-10-14-8-4-5-9-15(14)12-16/h1-3,6-7,14-15H,4-5,8-12H2. The molecule has 0 N–H and O–H groups in total. The van der Waals surface area contributed by atoms with Gasteiger partial charge in [-0.25, -0.2) is 0 Å². The van der Waals surface area contributed by atoms with Crippen LogP contribution in [0, 0.1) is 17.8 Å². The van der Waals surface area contributed by atoms with E-state index >= 15 is 0 Å². The van der Waals surface area contributed by atoms with Crippen molar-refractivity contribution in [3.63, 3.8) is 0 Å². The largest absolute Gasteiger partial charge is 0.0622 e. The van der Waals surface area contributed by atoms with E-state index in [-0.39, 0.29) is 0 Å². The van der Waals surface area contributed by atoms with Crippen molar-refractivity contribution in [2.24, 2.45) is 11.8 Å². The minimum atomic E-state index is 1.01. The van der Waals surface area contributed by atoms with E-state index in [0.29, 0.717) is 0 Å². The van der Waals surface area contributed by atoms with E-state index in [1.165, 1.54) is 50.5 Å². The summed E-state index contributed by atoms with van der Waals surface area (Å²) in [5.41, 5.74) is 1.51. The minimum Gasteiger partial charge on any atom is -0.0622 e. The van der Waals surface area contributed by atoms with Crippen LogP contribution in [0.15, 0.2) is 30.3 Å². The number of hydrogen-bond donors (Lipinski definition) is 0. The Labute approximate surface area is 99.1 Å². The fourth-order valence-corrected chi connectivity index (χ4v) is 3.65. The minimum absolute atomic E-state index is 1.01. The average Bonchev–Trinajstić information content (AvgIpc) is 2.39. The molecule has 0 aromatic heterocycles. The fraction of sp³-hybridized carbons (Fsp3) is 0.562. The van der Waals surface area contributed by atoms with E-state index in [1.54, 1.807) is 5.92 Å². The Morgan fingerprint density at radius 1 is 0.812 bits per heavy atom. The third-order valence-electron chi connectivity index (χ3n) is 4.57. The van der Waals surface area contributed by atoms with Crippen LogP contribution in [0.1, 0.15) is 50.5 Å². The molecule has 2 aliphatic rings. The van der Waals surface area contributed by atoms with E-state index < -0.39 is 0 Å². The van der Waals surface area contributed by atoms with Crippen molar-refractivity contribution >= 4 is 0 Å². The van der Waals surface area contributed by atoms with Gasteiger partial charge in [0, 0.05) is 5.92 Å². The van der Waals surface area contributed by atoms with Gasteiger partial charge >= 0.3 is 0 Å². The first-order valence-corrected chi connectivity index (χ1v) is 6.83. The zero-order valence-corrected chi connectivity index (χ0v) is 9.99. The SMILES string of the molecule is c1ccc([C]2CCC3CCCCC3C2)cc1. The first-order chi connectivity index (χ1) is 7.93. The Morgan fingerprint density at radius 2 is 1.56 bits per heavy atom. The monoisotopic (exact) mass is 213 g/mol. The second-order valence-electron chi connectivity index (χ2n) is 5.52. The lowest BCUT2D eigenvalue weighted by Crippen LogP contribution is -2.27. The van der Waals surface area contributed by atoms with Gasteiger partial charge in [0.05, 0.1) is 0 Å². The first kappa shape index (κ1) is 10.4. The van der Waals surface area contributed by atoms with Gasteiger partial charge in [-0.2, -0.15) is 0 Å². The molecular formula is C16H21. The number of fused-ring (bicyclic) bond motifs is 1. The quantitative estimate of drug-likeness (QED) is 0.639. The Balaban J connectivity index is 1.71. The van der Waals surface area contributed by atoms with Gasteiger partial charge in [0.25, 0.3) is 0 Å². The van der Waals surface area contributed by atoms with Crippen molar-refractivity contribution in [3.8, 4) is 0 Å². The molecule has 0 heteroatoms. The number of benzene rings is 1. The van der Waals surface area contributed by atoms with Gasteiger partial charge < -0.3 is 0 Å². The molecule has 1 aromatic carbocycles.